The van der Waals surface area contributed by atoms with E-state index in [1.54, 1.807) is 6.08 Å². The third kappa shape index (κ3) is 4.26. The number of hydrogen-bond donors (Lipinski definition) is 0. The minimum absolute atomic E-state index is 0.542. The van der Waals surface area contributed by atoms with Gasteiger partial charge in [-0.15, -0.1) is 6.58 Å². The summed E-state index contributed by atoms with van der Waals surface area (Å²) in [6.45, 7) is 9.66. The maximum absolute atomic E-state index is 13.7. The van der Waals surface area contributed by atoms with Gasteiger partial charge in [-0.3, -0.25) is 0 Å². The summed E-state index contributed by atoms with van der Waals surface area (Å²) in [5.41, 5.74) is 1.65. The quantitative estimate of drug-likeness (QED) is 0.506. The molecule has 0 aliphatic rings. The number of benzene rings is 1. The molecule has 1 aromatic carbocycles. The lowest BCUT2D eigenvalue weighted by atomic mass is 9.92. The molecule has 0 saturated carbocycles. The number of unbranched alkanes of at least 4 members (excludes halogenated alkanes) is 1. The Balaban J connectivity index is 3.16. The molecule has 0 spiro atoms. The first-order valence-corrected chi connectivity index (χ1v) is 6.90. The zero-order valence-corrected chi connectivity index (χ0v) is 11.9. The molecule has 0 heterocycles. The number of hydrogen-bond acceptors (Lipinski definition) is 0. The van der Waals surface area contributed by atoms with Crippen LogP contribution in [0.2, 0.25) is 0 Å². The fourth-order valence-electron chi connectivity index (χ4n) is 2.12. The molecule has 1 rings (SSSR count). The normalized spacial score (nSPS) is 10.8. The lowest BCUT2D eigenvalue weighted by molar-refractivity contribution is 0.146. The van der Waals surface area contributed by atoms with Crippen LogP contribution >= 0.6 is 0 Å². The third-order valence-electron chi connectivity index (χ3n) is 3.29. The average Bonchev–Trinajstić information content (AvgIpc) is 2.42. The predicted molar refractivity (Wildman–Crippen MR) is 78.4 cm³/mol. The smallest absolute Gasteiger partial charge is 0.206 e. The Morgan fingerprint density at radius 2 is 2.05 bits per heavy atom. The van der Waals surface area contributed by atoms with E-state index >= 15 is 0 Å². The van der Waals surface area contributed by atoms with Crippen LogP contribution in [0.15, 0.2) is 31.4 Å². The van der Waals surface area contributed by atoms with Crippen molar-refractivity contribution in [3.8, 4) is 0 Å². The van der Waals surface area contributed by atoms with Crippen LogP contribution in [0.1, 0.15) is 55.7 Å². The van der Waals surface area contributed by atoms with Gasteiger partial charge in [0.05, 0.1) is 5.56 Å². The van der Waals surface area contributed by atoms with Gasteiger partial charge in [-0.25, -0.2) is 13.2 Å². The van der Waals surface area contributed by atoms with Crippen LogP contribution in [0.3, 0.4) is 0 Å². The molecule has 1 aromatic rings. The Morgan fingerprint density at radius 3 is 2.60 bits per heavy atom. The summed E-state index contributed by atoms with van der Waals surface area (Å²) >= 11 is 0. The molecule has 0 aromatic heterocycles. The fourth-order valence-corrected chi connectivity index (χ4v) is 2.12. The molecule has 0 atom stereocenters. The number of rotatable bonds is 8. The summed E-state index contributed by atoms with van der Waals surface area (Å²) in [7, 11) is 0. The summed E-state index contributed by atoms with van der Waals surface area (Å²) < 4.78 is 39.3. The van der Waals surface area contributed by atoms with E-state index < -0.39 is 17.8 Å². The first-order chi connectivity index (χ1) is 9.51. The molecule has 0 aliphatic carbocycles. The molecule has 0 aliphatic heterocycles. The molecule has 0 saturated heterocycles. The minimum Gasteiger partial charge on any atom is -0.206 e. The van der Waals surface area contributed by atoms with E-state index in [9.17, 15) is 13.2 Å². The van der Waals surface area contributed by atoms with Crippen molar-refractivity contribution in [3.05, 3.63) is 53.9 Å². The second-order valence-electron chi connectivity index (χ2n) is 4.87. The van der Waals surface area contributed by atoms with E-state index in [1.807, 2.05) is 0 Å². The SMILES string of the molecule is C=CCCc1cc(F)c(C(F)F)cc1C(=C)CCCC. The van der Waals surface area contributed by atoms with Crippen molar-refractivity contribution >= 4 is 5.57 Å². The summed E-state index contributed by atoms with van der Waals surface area (Å²) in [4.78, 5) is 0. The highest BCUT2D eigenvalue weighted by atomic mass is 19.3. The van der Waals surface area contributed by atoms with Gasteiger partial charge >= 0.3 is 0 Å². The van der Waals surface area contributed by atoms with Crippen molar-refractivity contribution in [2.24, 2.45) is 0 Å². The molecule has 0 N–H and O–H groups in total. The molecule has 110 valence electrons. The lowest BCUT2D eigenvalue weighted by Gasteiger charge is -2.14. The van der Waals surface area contributed by atoms with Crippen LogP contribution in [0.25, 0.3) is 5.57 Å². The van der Waals surface area contributed by atoms with E-state index in [2.05, 4.69) is 20.1 Å². The van der Waals surface area contributed by atoms with E-state index in [4.69, 9.17) is 0 Å². The van der Waals surface area contributed by atoms with Gasteiger partial charge in [-0.05, 0) is 54.5 Å². The van der Waals surface area contributed by atoms with Crippen molar-refractivity contribution in [3.63, 3.8) is 0 Å². The Kier molecular flexibility index (Phi) is 6.56. The van der Waals surface area contributed by atoms with Crippen LogP contribution in [0.4, 0.5) is 13.2 Å². The van der Waals surface area contributed by atoms with Gasteiger partial charge in [0, 0.05) is 0 Å². The first kappa shape index (κ1) is 16.5. The molecule has 0 bridgehead atoms. The zero-order chi connectivity index (χ0) is 15.1. The third-order valence-corrected chi connectivity index (χ3v) is 3.29. The minimum atomic E-state index is -2.80. The maximum Gasteiger partial charge on any atom is 0.266 e. The molecule has 0 amide bonds. The van der Waals surface area contributed by atoms with E-state index in [0.717, 1.165) is 30.4 Å². The molecular weight excluding hydrogens is 261 g/mol. The number of aryl methyl sites for hydroxylation is 1. The van der Waals surface area contributed by atoms with Crippen LogP contribution in [-0.4, -0.2) is 0 Å². The lowest BCUT2D eigenvalue weighted by Crippen LogP contribution is -2.00. The molecule has 0 radical (unpaired) electrons. The number of alkyl halides is 2. The summed E-state index contributed by atoms with van der Waals surface area (Å²) in [6.07, 6.45) is 2.89. The topological polar surface area (TPSA) is 0 Å². The molecule has 0 fully saturated rings. The maximum atomic E-state index is 13.7. The van der Waals surface area contributed by atoms with Crippen LogP contribution in [0, 0.1) is 5.82 Å². The summed E-state index contributed by atoms with van der Waals surface area (Å²) in [5, 5.41) is 0. The Hall–Kier alpha value is -1.51. The van der Waals surface area contributed by atoms with Crippen LogP contribution < -0.4 is 0 Å². The van der Waals surface area contributed by atoms with Crippen molar-refractivity contribution in [2.45, 2.75) is 45.5 Å². The molecule has 0 unspecified atom stereocenters. The zero-order valence-electron chi connectivity index (χ0n) is 11.9. The largest absolute Gasteiger partial charge is 0.266 e. The Labute approximate surface area is 119 Å². The monoisotopic (exact) mass is 282 g/mol. The van der Waals surface area contributed by atoms with E-state index in [-0.39, 0.29) is 0 Å². The fraction of sp³-hybridized carbons (Fsp3) is 0.412. The second kappa shape index (κ2) is 7.93. The second-order valence-corrected chi connectivity index (χ2v) is 4.87. The number of allylic oxidation sites excluding steroid dienone is 2. The molecule has 20 heavy (non-hydrogen) atoms. The van der Waals surface area contributed by atoms with E-state index in [1.165, 1.54) is 12.1 Å². The number of halogens is 3. The highest BCUT2D eigenvalue weighted by Gasteiger charge is 2.17. The molecule has 3 heteroatoms. The van der Waals surface area contributed by atoms with Gasteiger partial charge < -0.3 is 0 Å². The Bertz CT molecular complexity index is 475. The summed E-state index contributed by atoms with van der Waals surface area (Å²) in [5.74, 6) is -0.842. The molecular formula is C17H21F3. The highest BCUT2D eigenvalue weighted by Crippen LogP contribution is 2.31. The highest BCUT2D eigenvalue weighted by molar-refractivity contribution is 5.67. The van der Waals surface area contributed by atoms with Crippen LogP contribution in [0.5, 0.6) is 0 Å². The van der Waals surface area contributed by atoms with Gasteiger partial charge in [0.25, 0.3) is 6.43 Å². The van der Waals surface area contributed by atoms with Crippen molar-refractivity contribution < 1.29 is 13.2 Å². The van der Waals surface area contributed by atoms with Gasteiger partial charge in [-0.2, -0.15) is 0 Å². The van der Waals surface area contributed by atoms with Gasteiger partial charge in [0.1, 0.15) is 5.82 Å². The average molecular weight is 282 g/mol. The van der Waals surface area contributed by atoms with Gasteiger partial charge in [-0.1, -0.05) is 26.0 Å². The first-order valence-electron chi connectivity index (χ1n) is 6.90. The van der Waals surface area contributed by atoms with Gasteiger partial charge in [0.2, 0.25) is 0 Å². The standard InChI is InChI=1S/C17H21F3/c1-4-6-8-12(3)14-11-15(17(19)20)16(18)10-13(14)9-7-5-2/h5,10-11,17H,2-4,6-9H2,1H3. The Morgan fingerprint density at radius 1 is 1.35 bits per heavy atom. The van der Waals surface area contributed by atoms with Crippen LogP contribution in [-0.2, 0) is 6.42 Å². The van der Waals surface area contributed by atoms with Gasteiger partial charge in [0.15, 0.2) is 0 Å². The van der Waals surface area contributed by atoms with Crippen molar-refractivity contribution in [2.75, 3.05) is 0 Å². The van der Waals surface area contributed by atoms with Crippen molar-refractivity contribution in [1.29, 1.82) is 0 Å². The van der Waals surface area contributed by atoms with E-state index in [0.29, 0.717) is 18.4 Å². The van der Waals surface area contributed by atoms with Crippen molar-refractivity contribution in [1.82, 2.24) is 0 Å². The molecule has 0 nitrogen and oxygen atoms in total. The summed E-state index contributed by atoms with van der Waals surface area (Å²) in [6, 6.07) is 2.48. The predicted octanol–water partition coefficient (Wildman–Crippen LogP) is 6.09.